The van der Waals surface area contributed by atoms with Gasteiger partial charge >= 0.3 is 0 Å². The lowest BCUT2D eigenvalue weighted by Crippen LogP contribution is -2.48. The van der Waals surface area contributed by atoms with Crippen molar-refractivity contribution in [2.45, 2.75) is 11.4 Å². The van der Waals surface area contributed by atoms with E-state index >= 15 is 0 Å². The number of rotatable bonds is 4. The molecule has 1 heterocycles. The SMILES string of the molecule is O=S(=O)(c1ccc(Br)cc1)N1CCN(Cc2cccc(Cl)c2)CC1. The van der Waals surface area contributed by atoms with Gasteiger partial charge in [0.25, 0.3) is 0 Å². The van der Waals surface area contributed by atoms with E-state index in [0.717, 1.165) is 21.6 Å². The largest absolute Gasteiger partial charge is 0.296 e. The smallest absolute Gasteiger partial charge is 0.243 e. The third-order valence-electron chi connectivity index (χ3n) is 4.08. The third kappa shape index (κ3) is 4.18. The topological polar surface area (TPSA) is 40.6 Å². The molecule has 0 aliphatic carbocycles. The zero-order valence-electron chi connectivity index (χ0n) is 13.0. The van der Waals surface area contributed by atoms with E-state index in [1.54, 1.807) is 28.6 Å². The van der Waals surface area contributed by atoms with Crippen molar-refractivity contribution in [2.75, 3.05) is 26.2 Å². The van der Waals surface area contributed by atoms with Crippen molar-refractivity contribution in [2.24, 2.45) is 0 Å². The molecule has 1 aliphatic rings. The fraction of sp³-hybridized carbons (Fsp3) is 0.294. The molecular weight excluding hydrogens is 412 g/mol. The van der Waals surface area contributed by atoms with E-state index in [-0.39, 0.29) is 0 Å². The van der Waals surface area contributed by atoms with Crippen molar-refractivity contribution in [3.8, 4) is 0 Å². The van der Waals surface area contributed by atoms with Gasteiger partial charge in [0.2, 0.25) is 10.0 Å². The summed E-state index contributed by atoms with van der Waals surface area (Å²) in [5.74, 6) is 0. The third-order valence-corrected chi connectivity index (χ3v) is 6.75. The molecule has 0 atom stereocenters. The highest BCUT2D eigenvalue weighted by Gasteiger charge is 2.28. The monoisotopic (exact) mass is 428 g/mol. The first-order valence-electron chi connectivity index (χ1n) is 7.68. The van der Waals surface area contributed by atoms with Gasteiger partial charge in [0.1, 0.15) is 0 Å². The summed E-state index contributed by atoms with van der Waals surface area (Å²) in [4.78, 5) is 2.59. The molecular formula is C17H18BrClN2O2S. The first kappa shape index (κ1) is 17.9. The Morgan fingerprint density at radius 1 is 1.00 bits per heavy atom. The molecule has 0 spiro atoms. The summed E-state index contributed by atoms with van der Waals surface area (Å²) in [6.45, 7) is 3.20. The molecule has 0 saturated carbocycles. The Hall–Kier alpha value is -0.920. The van der Waals surface area contributed by atoms with Crippen LogP contribution >= 0.6 is 27.5 Å². The Labute approximate surface area is 156 Å². The zero-order chi connectivity index (χ0) is 17.2. The average Bonchev–Trinajstić information content (AvgIpc) is 2.56. The van der Waals surface area contributed by atoms with Crippen LogP contribution < -0.4 is 0 Å². The summed E-state index contributed by atoms with van der Waals surface area (Å²) in [7, 11) is -3.42. The molecule has 1 saturated heterocycles. The maximum absolute atomic E-state index is 12.7. The summed E-state index contributed by atoms with van der Waals surface area (Å²) in [5.41, 5.74) is 1.15. The van der Waals surface area contributed by atoms with Crippen LogP contribution in [-0.4, -0.2) is 43.8 Å². The molecule has 0 N–H and O–H groups in total. The van der Waals surface area contributed by atoms with Gasteiger partial charge < -0.3 is 0 Å². The standard InChI is InChI=1S/C17H18BrClN2O2S/c18-15-4-6-17(7-5-15)24(22,23)21-10-8-20(9-11-21)13-14-2-1-3-16(19)12-14/h1-7,12H,8-11,13H2. The second kappa shape index (κ2) is 7.54. The van der Waals surface area contributed by atoms with E-state index in [1.165, 1.54) is 0 Å². The molecule has 128 valence electrons. The van der Waals surface area contributed by atoms with Gasteiger partial charge in [0, 0.05) is 42.2 Å². The maximum atomic E-state index is 12.7. The minimum Gasteiger partial charge on any atom is -0.296 e. The molecule has 3 rings (SSSR count). The van der Waals surface area contributed by atoms with E-state index in [1.807, 2.05) is 24.3 Å². The summed E-state index contributed by atoms with van der Waals surface area (Å²) < 4.78 is 27.8. The van der Waals surface area contributed by atoms with Crippen molar-refractivity contribution >= 4 is 37.6 Å². The molecule has 0 radical (unpaired) electrons. The molecule has 1 aliphatic heterocycles. The average molecular weight is 430 g/mol. The molecule has 24 heavy (non-hydrogen) atoms. The van der Waals surface area contributed by atoms with Gasteiger partial charge in [-0.15, -0.1) is 0 Å². The zero-order valence-corrected chi connectivity index (χ0v) is 16.2. The summed E-state index contributed by atoms with van der Waals surface area (Å²) in [5, 5.41) is 0.726. The Morgan fingerprint density at radius 3 is 2.29 bits per heavy atom. The van der Waals surface area contributed by atoms with E-state index < -0.39 is 10.0 Å². The van der Waals surface area contributed by atoms with Crippen LogP contribution in [0.25, 0.3) is 0 Å². The molecule has 2 aromatic rings. The van der Waals surface area contributed by atoms with Crippen LogP contribution in [-0.2, 0) is 16.6 Å². The predicted octanol–water partition coefficient (Wildman–Crippen LogP) is 3.61. The van der Waals surface area contributed by atoms with Crippen LogP contribution in [0, 0.1) is 0 Å². The number of hydrogen-bond acceptors (Lipinski definition) is 3. The number of hydrogen-bond donors (Lipinski definition) is 0. The van der Waals surface area contributed by atoms with Crippen molar-refractivity contribution < 1.29 is 8.42 Å². The van der Waals surface area contributed by atoms with E-state index in [4.69, 9.17) is 11.6 Å². The summed E-state index contributed by atoms with van der Waals surface area (Å²) >= 11 is 9.34. The second-order valence-corrected chi connectivity index (χ2v) is 9.05. The van der Waals surface area contributed by atoms with Crippen molar-refractivity contribution in [3.05, 3.63) is 63.6 Å². The summed E-state index contributed by atoms with van der Waals surface area (Å²) in [6, 6.07) is 14.6. The number of nitrogens with zero attached hydrogens (tertiary/aromatic N) is 2. The van der Waals surface area contributed by atoms with Crippen LogP contribution in [0.4, 0.5) is 0 Å². The highest BCUT2D eigenvalue weighted by Crippen LogP contribution is 2.21. The number of sulfonamides is 1. The number of benzene rings is 2. The Kier molecular flexibility index (Phi) is 5.62. The van der Waals surface area contributed by atoms with Crippen LogP contribution in [0.15, 0.2) is 57.9 Å². The molecule has 7 heteroatoms. The van der Waals surface area contributed by atoms with Gasteiger partial charge in [0.05, 0.1) is 4.90 Å². The van der Waals surface area contributed by atoms with Crippen molar-refractivity contribution in [1.82, 2.24) is 9.21 Å². The maximum Gasteiger partial charge on any atom is 0.243 e. The summed E-state index contributed by atoms with van der Waals surface area (Å²) in [6.07, 6.45) is 0. The molecule has 0 aromatic heterocycles. The van der Waals surface area contributed by atoms with E-state index in [0.29, 0.717) is 31.1 Å². The van der Waals surface area contributed by atoms with E-state index in [9.17, 15) is 8.42 Å². The second-order valence-electron chi connectivity index (χ2n) is 5.76. The Morgan fingerprint density at radius 2 is 1.67 bits per heavy atom. The Bertz CT molecular complexity index is 804. The van der Waals surface area contributed by atoms with Gasteiger partial charge in [0.15, 0.2) is 0 Å². The number of halogens is 2. The quantitative estimate of drug-likeness (QED) is 0.745. The van der Waals surface area contributed by atoms with Crippen molar-refractivity contribution in [1.29, 1.82) is 0 Å². The normalized spacial score (nSPS) is 17.1. The molecule has 1 fully saturated rings. The van der Waals surface area contributed by atoms with Gasteiger partial charge in [-0.05, 0) is 42.0 Å². The van der Waals surface area contributed by atoms with Crippen LogP contribution in [0.5, 0.6) is 0 Å². The predicted molar refractivity (Wildman–Crippen MR) is 99.6 cm³/mol. The Balaban J connectivity index is 1.63. The molecule has 0 bridgehead atoms. The lowest BCUT2D eigenvalue weighted by molar-refractivity contribution is 0.181. The molecule has 2 aromatic carbocycles. The first-order chi connectivity index (χ1) is 11.4. The number of piperazine rings is 1. The van der Waals surface area contributed by atoms with Crippen molar-refractivity contribution in [3.63, 3.8) is 0 Å². The first-order valence-corrected chi connectivity index (χ1v) is 10.3. The fourth-order valence-electron chi connectivity index (χ4n) is 2.78. The van der Waals surface area contributed by atoms with Crippen LogP contribution in [0.1, 0.15) is 5.56 Å². The fourth-order valence-corrected chi connectivity index (χ4v) is 4.68. The lowest BCUT2D eigenvalue weighted by Gasteiger charge is -2.34. The van der Waals surface area contributed by atoms with Gasteiger partial charge in [-0.2, -0.15) is 4.31 Å². The molecule has 0 unspecified atom stereocenters. The van der Waals surface area contributed by atoms with Gasteiger partial charge in [-0.1, -0.05) is 39.7 Å². The van der Waals surface area contributed by atoms with Gasteiger partial charge in [-0.3, -0.25) is 4.90 Å². The minimum atomic E-state index is -3.42. The van der Waals surface area contributed by atoms with E-state index in [2.05, 4.69) is 20.8 Å². The minimum absolute atomic E-state index is 0.342. The molecule has 4 nitrogen and oxygen atoms in total. The van der Waals surface area contributed by atoms with Crippen LogP contribution in [0.3, 0.4) is 0 Å². The molecule has 0 amide bonds. The van der Waals surface area contributed by atoms with Gasteiger partial charge in [-0.25, -0.2) is 8.42 Å². The lowest BCUT2D eigenvalue weighted by atomic mass is 10.2. The highest BCUT2D eigenvalue weighted by molar-refractivity contribution is 9.10. The van der Waals surface area contributed by atoms with Crippen LogP contribution in [0.2, 0.25) is 5.02 Å². The highest BCUT2D eigenvalue weighted by atomic mass is 79.9.